The predicted octanol–water partition coefficient (Wildman–Crippen LogP) is 2.12. The maximum atomic E-state index is 13.2. The number of hydrogen-bond donors (Lipinski definition) is 4. The van der Waals surface area contributed by atoms with E-state index in [0.717, 1.165) is 36.9 Å². The number of carbonyl (C=O) groups excluding carboxylic acids is 2. The second-order valence-corrected chi connectivity index (χ2v) is 8.38. The van der Waals surface area contributed by atoms with Gasteiger partial charge in [0.1, 0.15) is 11.8 Å². The van der Waals surface area contributed by atoms with E-state index in [1.165, 1.54) is 6.33 Å². The number of nitrogens with zero attached hydrogens (tertiary/aromatic N) is 4. The number of fused-ring (bicyclic) bond motifs is 1. The third kappa shape index (κ3) is 4.63. The molecule has 3 aromatic rings. The lowest BCUT2D eigenvalue weighted by Gasteiger charge is -2.29. The van der Waals surface area contributed by atoms with Gasteiger partial charge < -0.3 is 21.7 Å². The first-order valence-corrected chi connectivity index (χ1v) is 10.8. The molecule has 0 saturated heterocycles. The van der Waals surface area contributed by atoms with Gasteiger partial charge >= 0.3 is 6.03 Å². The summed E-state index contributed by atoms with van der Waals surface area (Å²) in [7, 11) is 0. The Morgan fingerprint density at radius 1 is 1.09 bits per heavy atom. The first kappa shape index (κ1) is 21.5. The number of nitrogens with one attached hydrogen (secondary N) is 3. The maximum Gasteiger partial charge on any atom is 0.315 e. The molecule has 0 aromatic carbocycles. The van der Waals surface area contributed by atoms with Crippen molar-refractivity contribution in [2.24, 2.45) is 0 Å². The molecule has 10 heteroatoms. The molecule has 0 unspecified atom stereocenters. The minimum absolute atomic E-state index is 0.0268. The standard InChI is InChI=1S/C22H28N8O2/c1-13(2)27-22(32)29-16-5-3-15(4-6-16)28-21(31)17-11-18(14-7-9-24-10-8-14)30-19(17)20(23)25-12-26-30/h7-13,15-16H,3-6H2,1-2H3,(H,28,31)(H2,23,25,26)(H2,27,29,32). The monoisotopic (exact) mass is 436 g/mol. The average molecular weight is 437 g/mol. The van der Waals surface area contributed by atoms with Gasteiger partial charge in [-0.25, -0.2) is 14.3 Å². The van der Waals surface area contributed by atoms with Crippen molar-refractivity contribution in [3.8, 4) is 11.3 Å². The number of anilines is 1. The zero-order valence-corrected chi connectivity index (χ0v) is 18.2. The predicted molar refractivity (Wildman–Crippen MR) is 121 cm³/mol. The second kappa shape index (κ2) is 9.21. The van der Waals surface area contributed by atoms with Crippen molar-refractivity contribution in [3.05, 3.63) is 42.5 Å². The lowest BCUT2D eigenvalue weighted by Crippen LogP contribution is -2.48. The summed E-state index contributed by atoms with van der Waals surface area (Å²) in [5.74, 6) is 0.0350. The Bertz CT molecular complexity index is 1100. The SMILES string of the molecule is CC(C)NC(=O)NC1CCC(NC(=O)c2cc(-c3ccncc3)n3ncnc(N)c23)CC1. The van der Waals surface area contributed by atoms with E-state index in [1.807, 2.05) is 26.0 Å². The lowest BCUT2D eigenvalue weighted by atomic mass is 9.91. The molecule has 3 aromatic heterocycles. The van der Waals surface area contributed by atoms with E-state index < -0.39 is 0 Å². The van der Waals surface area contributed by atoms with Crippen LogP contribution in [-0.2, 0) is 0 Å². The van der Waals surface area contributed by atoms with Gasteiger partial charge in [-0.3, -0.25) is 9.78 Å². The quantitative estimate of drug-likeness (QED) is 0.483. The van der Waals surface area contributed by atoms with Gasteiger partial charge in [-0.05, 0) is 57.7 Å². The Morgan fingerprint density at radius 2 is 1.75 bits per heavy atom. The van der Waals surface area contributed by atoms with Crippen LogP contribution in [0.3, 0.4) is 0 Å². The normalized spacial score (nSPS) is 18.5. The molecule has 32 heavy (non-hydrogen) atoms. The fraction of sp³-hybridized carbons (Fsp3) is 0.409. The molecule has 0 bridgehead atoms. The van der Waals surface area contributed by atoms with E-state index in [2.05, 4.69) is 31.0 Å². The molecule has 0 spiro atoms. The van der Waals surface area contributed by atoms with Crippen molar-refractivity contribution in [1.82, 2.24) is 35.5 Å². The van der Waals surface area contributed by atoms with Crippen molar-refractivity contribution in [1.29, 1.82) is 0 Å². The zero-order valence-electron chi connectivity index (χ0n) is 18.2. The fourth-order valence-electron chi connectivity index (χ4n) is 4.10. The molecular weight excluding hydrogens is 408 g/mol. The smallest absolute Gasteiger partial charge is 0.315 e. The molecule has 3 amide bonds. The molecule has 168 valence electrons. The zero-order chi connectivity index (χ0) is 22.7. The minimum atomic E-state index is -0.210. The molecule has 5 N–H and O–H groups in total. The highest BCUT2D eigenvalue weighted by Gasteiger charge is 2.26. The van der Waals surface area contributed by atoms with E-state index in [-0.39, 0.29) is 35.9 Å². The molecule has 1 aliphatic rings. The Morgan fingerprint density at radius 3 is 2.41 bits per heavy atom. The highest BCUT2D eigenvalue weighted by molar-refractivity contribution is 6.05. The number of urea groups is 1. The number of nitrogens with two attached hydrogens (primary N) is 1. The molecule has 1 aliphatic carbocycles. The topological polar surface area (TPSA) is 139 Å². The van der Waals surface area contributed by atoms with Gasteiger partial charge in [0.25, 0.3) is 5.91 Å². The number of rotatable bonds is 5. The van der Waals surface area contributed by atoms with Gasteiger partial charge in [0, 0.05) is 36.1 Å². The number of nitrogen functional groups attached to an aromatic ring is 1. The average Bonchev–Trinajstić information content (AvgIpc) is 3.16. The van der Waals surface area contributed by atoms with Gasteiger partial charge in [0.05, 0.1) is 11.3 Å². The third-order valence-corrected chi connectivity index (χ3v) is 5.62. The van der Waals surface area contributed by atoms with Gasteiger partial charge in [0.2, 0.25) is 0 Å². The Labute approximate surface area is 186 Å². The third-order valence-electron chi connectivity index (χ3n) is 5.62. The Kier molecular flexibility index (Phi) is 6.20. The molecule has 0 atom stereocenters. The Hall–Kier alpha value is -3.69. The summed E-state index contributed by atoms with van der Waals surface area (Å²) in [6.07, 6.45) is 7.93. The first-order chi connectivity index (χ1) is 15.4. The van der Waals surface area contributed by atoms with Crippen LogP contribution in [-0.4, -0.2) is 49.6 Å². The number of carbonyl (C=O) groups is 2. The van der Waals surface area contributed by atoms with Crippen LogP contribution in [0.5, 0.6) is 0 Å². The molecule has 4 rings (SSSR count). The van der Waals surface area contributed by atoms with E-state index in [4.69, 9.17) is 5.73 Å². The molecular formula is C22H28N8O2. The van der Waals surface area contributed by atoms with E-state index in [0.29, 0.717) is 11.1 Å². The van der Waals surface area contributed by atoms with Gasteiger partial charge in [-0.2, -0.15) is 5.10 Å². The molecule has 1 fully saturated rings. The van der Waals surface area contributed by atoms with E-state index in [1.54, 1.807) is 23.0 Å². The van der Waals surface area contributed by atoms with Crippen LogP contribution < -0.4 is 21.7 Å². The van der Waals surface area contributed by atoms with E-state index in [9.17, 15) is 9.59 Å². The van der Waals surface area contributed by atoms with Gasteiger partial charge in [-0.15, -0.1) is 0 Å². The van der Waals surface area contributed by atoms with Crippen LogP contribution in [0.2, 0.25) is 0 Å². The summed E-state index contributed by atoms with van der Waals surface area (Å²) in [6, 6.07) is 5.58. The number of aromatic nitrogens is 4. The van der Waals surface area contributed by atoms with Crippen molar-refractivity contribution in [2.75, 3.05) is 5.73 Å². The number of hydrogen-bond acceptors (Lipinski definition) is 6. The largest absolute Gasteiger partial charge is 0.382 e. The van der Waals surface area contributed by atoms with Crippen LogP contribution in [0.15, 0.2) is 36.9 Å². The van der Waals surface area contributed by atoms with Gasteiger partial charge in [0.15, 0.2) is 5.82 Å². The van der Waals surface area contributed by atoms with Crippen LogP contribution >= 0.6 is 0 Å². The number of amides is 3. The van der Waals surface area contributed by atoms with Crippen molar-refractivity contribution in [2.45, 2.75) is 57.7 Å². The summed E-state index contributed by atoms with van der Waals surface area (Å²) in [6.45, 7) is 3.85. The maximum absolute atomic E-state index is 13.2. The van der Waals surface area contributed by atoms with Crippen molar-refractivity contribution < 1.29 is 9.59 Å². The molecule has 0 radical (unpaired) electrons. The molecule has 0 aliphatic heterocycles. The van der Waals surface area contributed by atoms with Crippen molar-refractivity contribution >= 4 is 23.3 Å². The number of pyridine rings is 1. The molecule has 10 nitrogen and oxygen atoms in total. The van der Waals surface area contributed by atoms with E-state index >= 15 is 0 Å². The highest BCUT2D eigenvalue weighted by atomic mass is 16.2. The van der Waals surface area contributed by atoms with Crippen LogP contribution in [0.1, 0.15) is 49.9 Å². The second-order valence-electron chi connectivity index (χ2n) is 8.38. The van der Waals surface area contributed by atoms with Crippen molar-refractivity contribution in [3.63, 3.8) is 0 Å². The minimum Gasteiger partial charge on any atom is -0.382 e. The highest BCUT2D eigenvalue weighted by Crippen LogP contribution is 2.28. The van der Waals surface area contributed by atoms with Crippen LogP contribution in [0.4, 0.5) is 10.6 Å². The summed E-state index contributed by atoms with van der Waals surface area (Å²) in [4.78, 5) is 33.2. The Balaban J connectivity index is 1.47. The summed E-state index contributed by atoms with van der Waals surface area (Å²) < 4.78 is 1.64. The first-order valence-electron chi connectivity index (χ1n) is 10.8. The fourth-order valence-corrected chi connectivity index (χ4v) is 4.10. The summed E-state index contributed by atoms with van der Waals surface area (Å²) in [5.41, 5.74) is 8.64. The summed E-state index contributed by atoms with van der Waals surface area (Å²) >= 11 is 0. The molecule has 1 saturated carbocycles. The van der Waals surface area contributed by atoms with Crippen LogP contribution in [0, 0.1) is 0 Å². The van der Waals surface area contributed by atoms with Crippen LogP contribution in [0.25, 0.3) is 16.8 Å². The lowest BCUT2D eigenvalue weighted by molar-refractivity contribution is 0.0926. The molecule has 3 heterocycles. The van der Waals surface area contributed by atoms with Gasteiger partial charge in [-0.1, -0.05) is 0 Å². The summed E-state index contributed by atoms with van der Waals surface area (Å²) in [5, 5.41) is 13.3.